The summed E-state index contributed by atoms with van der Waals surface area (Å²) in [6.45, 7) is 2.24. The van der Waals surface area contributed by atoms with Crippen molar-refractivity contribution in [3.63, 3.8) is 0 Å². The van der Waals surface area contributed by atoms with Crippen LogP contribution in [0, 0.1) is 6.92 Å². The number of benzene rings is 2. The van der Waals surface area contributed by atoms with Gasteiger partial charge in [0.2, 0.25) is 5.89 Å². The molecular formula is C23H21N5O2. The smallest absolute Gasteiger partial charge is 0.255 e. The van der Waals surface area contributed by atoms with Gasteiger partial charge in [-0.2, -0.15) is 10.1 Å². The van der Waals surface area contributed by atoms with Crippen molar-refractivity contribution in [1.82, 2.24) is 25.2 Å². The lowest BCUT2D eigenvalue weighted by molar-refractivity contribution is 0.0950. The summed E-state index contributed by atoms with van der Waals surface area (Å²) in [6, 6.07) is 17.7. The predicted molar refractivity (Wildman–Crippen MR) is 111 cm³/mol. The zero-order chi connectivity index (χ0) is 20.5. The molecule has 150 valence electrons. The minimum absolute atomic E-state index is 0.207. The van der Waals surface area contributed by atoms with Crippen molar-refractivity contribution in [2.75, 3.05) is 0 Å². The summed E-state index contributed by atoms with van der Waals surface area (Å²) in [5, 5.41) is 11.6. The molecule has 0 radical (unpaired) electrons. The van der Waals surface area contributed by atoms with E-state index in [0.717, 1.165) is 29.7 Å². The summed E-state index contributed by atoms with van der Waals surface area (Å²) < 4.78 is 6.99. The first-order valence-corrected chi connectivity index (χ1v) is 10.0. The quantitative estimate of drug-likeness (QED) is 0.529. The number of aromatic nitrogens is 4. The van der Waals surface area contributed by atoms with Crippen molar-refractivity contribution in [2.24, 2.45) is 0 Å². The van der Waals surface area contributed by atoms with Gasteiger partial charge in [-0.25, -0.2) is 4.68 Å². The molecule has 1 aliphatic rings. The van der Waals surface area contributed by atoms with Crippen LogP contribution in [0.15, 0.2) is 65.3 Å². The van der Waals surface area contributed by atoms with E-state index in [1.54, 1.807) is 10.9 Å². The Labute approximate surface area is 173 Å². The number of hydrogen-bond donors (Lipinski definition) is 1. The third-order valence-electron chi connectivity index (χ3n) is 5.12. The second-order valence-electron chi connectivity index (χ2n) is 7.54. The van der Waals surface area contributed by atoms with Gasteiger partial charge in [0, 0.05) is 17.7 Å². The highest BCUT2D eigenvalue weighted by atomic mass is 16.5. The standard InChI is InChI=1S/C23H21N5O2/c1-15-7-9-16(10-8-15)21-19(14-28(26-21)18-5-3-2-4-6-18)22(29)24-13-20-25-23(30-27-20)17-11-12-17/h2-10,14,17H,11-13H2,1H3,(H,24,29). The van der Waals surface area contributed by atoms with Gasteiger partial charge in [-0.3, -0.25) is 4.79 Å². The van der Waals surface area contributed by atoms with Crippen LogP contribution in [-0.2, 0) is 6.54 Å². The summed E-state index contributed by atoms with van der Waals surface area (Å²) in [6.07, 6.45) is 3.94. The Kier molecular flexibility index (Phi) is 4.63. The number of aryl methyl sites for hydroxylation is 1. The topological polar surface area (TPSA) is 85.8 Å². The highest BCUT2D eigenvalue weighted by molar-refractivity contribution is 5.99. The van der Waals surface area contributed by atoms with Crippen LogP contribution in [0.1, 0.15) is 46.4 Å². The Balaban J connectivity index is 1.43. The number of nitrogens with one attached hydrogen (secondary N) is 1. The van der Waals surface area contributed by atoms with Crippen LogP contribution >= 0.6 is 0 Å². The molecule has 0 bridgehead atoms. The van der Waals surface area contributed by atoms with Crippen molar-refractivity contribution in [1.29, 1.82) is 0 Å². The molecule has 1 N–H and O–H groups in total. The number of carbonyl (C=O) groups excluding carboxylic acids is 1. The monoisotopic (exact) mass is 399 g/mol. The Bertz CT molecular complexity index is 1170. The minimum atomic E-state index is -0.231. The highest BCUT2D eigenvalue weighted by Gasteiger charge is 2.29. The zero-order valence-electron chi connectivity index (χ0n) is 16.6. The van der Waals surface area contributed by atoms with Gasteiger partial charge >= 0.3 is 0 Å². The first-order valence-electron chi connectivity index (χ1n) is 10.0. The third-order valence-corrected chi connectivity index (χ3v) is 5.12. The van der Waals surface area contributed by atoms with Crippen molar-refractivity contribution < 1.29 is 9.32 Å². The van der Waals surface area contributed by atoms with Gasteiger partial charge in [-0.1, -0.05) is 53.2 Å². The third kappa shape index (κ3) is 3.74. The van der Waals surface area contributed by atoms with Gasteiger partial charge < -0.3 is 9.84 Å². The fraction of sp³-hybridized carbons (Fsp3) is 0.217. The molecule has 30 heavy (non-hydrogen) atoms. The molecule has 0 unspecified atom stereocenters. The van der Waals surface area contributed by atoms with Gasteiger partial charge in [0.1, 0.15) is 5.69 Å². The van der Waals surface area contributed by atoms with Gasteiger partial charge in [-0.15, -0.1) is 0 Å². The van der Waals surface area contributed by atoms with Gasteiger partial charge in [-0.05, 0) is 31.9 Å². The van der Waals surface area contributed by atoms with Crippen molar-refractivity contribution in [3.8, 4) is 16.9 Å². The van der Waals surface area contributed by atoms with E-state index in [1.807, 2.05) is 61.5 Å². The second kappa shape index (κ2) is 7.59. The van der Waals surface area contributed by atoms with E-state index in [2.05, 4.69) is 15.5 Å². The molecule has 1 saturated carbocycles. The molecule has 2 aromatic heterocycles. The fourth-order valence-corrected chi connectivity index (χ4v) is 3.27. The maximum absolute atomic E-state index is 13.0. The molecule has 0 saturated heterocycles. The Morgan fingerprint density at radius 1 is 1.13 bits per heavy atom. The van der Waals surface area contributed by atoms with Crippen LogP contribution in [0.25, 0.3) is 16.9 Å². The summed E-state index contributed by atoms with van der Waals surface area (Å²) >= 11 is 0. The Morgan fingerprint density at radius 3 is 2.63 bits per heavy atom. The molecule has 7 nitrogen and oxygen atoms in total. The fourth-order valence-electron chi connectivity index (χ4n) is 3.27. The molecule has 0 atom stereocenters. The molecule has 7 heteroatoms. The molecule has 1 aliphatic carbocycles. The SMILES string of the molecule is Cc1ccc(-c2nn(-c3ccccc3)cc2C(=O)NCc2noc(C3CC3)n2)cc1. The average molecular weight is 399 g/mol. The van der Waals surface area contributed by atoms with Crippen LogP contribution in [0.5, 0.6) is 0 Å². The number of rotatable bonds is 6. The molecular weight excluding hydrogens is 378 g/mol. The van der Waals surface area contributed by atoms with E-state index < -0.39 is 0 Å². The molecule has 2 heterocycles. The Hall–Kier alpha value is -3.74. The lowest BCUT2D eigenvalue weighted by atomic mass is 10.1. The van der Waals surface area contributed by atoms with Crippen molar-refractivity contribution in [3.05, 3.63) is 83.6 Å². The number of nitrogens with zero attached hydrogens (tertiary/aromatic N) is 4. The molecule has 0 spiro atoms. The molecule has 4 aromatic rings. The zero-order valence-corrected chi connectivity index (χ0v) is 16.6. The van der Waals surface area contributed by atoms with Crippen LogP contribution in [0.2, 0.25) is 0 Å². The summed E-state index contributed by atoms with van der Waals surface area (Å²) in [7, 11) is 0. The van der Waals surface area contributed by atoms with Crippen molar-refractivity contribution >= 4 is 5.91 Å². The van der Waals surface area contributed by atoms with Crippen molar-refractivity contribution in [2.45, 2.75) is 32.2 Å². The van der Waals surface area contributed by atoms with E-state index in [9.17, 15) is 4.79 Å². The summed E-state index contributed by atoms with van der Waals surface area (Å²) in [5.74, 6) is 1.30. The summed E-state index contributed by atoms with van der Waals surface area (Å²) in [4.78, 5) is 17.4. The van der Waals surface area contributed by atoms with E-state index in [4.69, 9.17) is 9.62 Å². The average Bonchev–Trinajstić information content (AvgIpc) is 3.35. The predicted octanol–water partition coefficient (Wildman–Crippen LogP) is 4.04. The largest absolute Gasteiger partial charge is 0.344 e. The minimum Gasteiger partial charge on any atom is -0.344 e. The second-order valence-corrected chi connectivity index (χ2v) is 7.54. The first kappa shape index (κ1) is 18.3. The Morgan fingerprint density at radius 2 is 1.90 bits per heavy atom. The molecule has 5 rings (SSSR count). The lowest BCUT2D eigenvalue weighted by Gasteiger charge is -2.04. The van der Waals surface area contributed by atoms with E-state index in [-0.39, 0.29) is 12.5 Å². The van der Waals surface area contributed by atoms with Crippen LogP contribution in [0.3, 0.4) is 0 Å². The highest BCUT2D eigenvalue weighted by Crippen LogP contribution is 2.38. The summed E-state index contributed by atoms with van der Waals surface area (Å²) in [5.41, 5.74) is 4.04. The van der Waals surface area contributed by atoms with E-state index in [0.29, 0.717) is 28.9 Å². The van der Waals surface area contributed by atoms with Gasteiger partial charge in [0.05, 0.1) is 17.8 Å². The van der Waals surface area contributed by atoms with Gasteiger partial charge in [0.15, 0.2) is 5.82 Å². The van der Waals surface area contributed by atoms with Gasteiger partial charge in [0.25, 0.3) is 5.91 Å². The first-order chi connectivity index (χ1) is 14.7. The van der Waals surface area contributed by atoms with E-state index in [1.165, 1.54) is 0 Å². The molecule has 1 amide bonds. The number of hydrogen-bond acceptors (Lipinski definition) is 5. The molecule has 0 aliphatic heterocycles. The van der Waals surface area contributed by atoms with Crippen LogP contribution in [-0.4, -0.2) is 25.8 Å². The molecule has 2 aromatic carbocycles. The van der Waals surface area contributed by atoms with Crippen LogP contribution < -0.4 is 5.32 Å². The number of amides is 1. The van der Waals surface area contributed by atoms with E-state index >= 15 is 0 Å². The van der Waals surface area contributed by atoms with Crippen LogP contribution in [0.4, 0.5) is 0 Å². The lowest BCUT2D eigenvalue weighted by Crippen LogP contribution is -2.23. The maximum Gasteiger partial charge on any atom is 0.255 e. The number of para-hydroxylation sites is 1. The maximum atomic E-state index is 13.0. The molecule has 1 fully saturated rings. The normalized spacial score (nSPS) is 13.4. The number of carbonyl (C=O) groups is 1.